The van der Waals surface area contributed by atoms with Crippen LogP contribution >= 0.6 is 12.4 Å². The number of halogens is 2. The molecular weight excluding hydrogens is 379 g/mol. The van der Waals surface area contributed by atoms with Crippen molar-refractivity contribution in [2.24, 2.45) is 11.8 Å². The Morgan fingerprint density at radius 1 is 1.14 bits per heavy atom. The Kier molecular flexibility index (Phi) is 6.26. The summed E-state index contributed by atoms with van der Waals surface area (Å²) in [5, 5.41) is 9.35. The number of fused-ring (bicyclic) bond motifs is 1. The molecule has 2 aliphatic heterocycles. The molecule has 150 valence electrons. The van der Waals surface area contributed by atoms with E-state index < -0.39 is 0 Å². The summed E-state index contributed by atoms with van der Waals surface area (Å²) in [7, 11) is 2.09. The van der Waals surface area contributed by atoms with Crippen molar-refractivity contribution in [3.05, 3.63) is 65.5 Å². The van der Waals surface area contributed by atoms with E-state index in [-0.39, 0.29) is 35.9 Å². The second-order valence-electron chi connectivity index (χ2n) is 7.83. The normalized spacial score (nSPS) is 24.1. The number of phenols is 1. The van der Waals surface area contributed by atoms with Crippen LogP contribution in [0.3, 0.4) is 0 Å². The zero-order valence-corrected chi connectivity index (χ0v) is 16.7. The number of phenolic OH excluding ortho intramolecular Hbond substituents is 1. The van der Waals surface area contributed by atoms with Crippen LogP contribution in [0.1, 0.15) is 23.6 Å². The number of benzene rings is 2. The summed E-state index contributed by atoms with van der Waals surface area (Å²) < 4.78 is 13.7. The molecule has 2 aliphatic rings. The van der Waals surface area contributed by atoms with Crippen LogP contribution in [0, 0.1) is 17.7 Å². The van der Waals surface area contributed by atoms with Crippen LogP contribution in [0.15, 0.2) is 48.5 Å². The maximum absolute atomic E-state index is 13.7. The molecule has 0 bridgehead atoms. The third kappa shape index (κ3) is 4.15. The van der Waals surface area contributed by atoms with Gasteiger partial charge in [-0.3, -0.25) is 9.69 Å². The molecule has 6 heteroatoms. The van der Waals surface area contributed by atoms with Crippen molar-refractivity contribution >= 4 is 18.3 Å². The quantitative estimate of drug-likeness (QED) is 0.846. The Balaban J connectivity index is 0.00000225. The summed E-state index contributed by atoms with van der Waals surface area (Å²) in [4.78, 5) is 17.0. The maximum Gasteiger partial charge on any atom is 0.222 e. The molecule has 0 spiro atoms. The molecule has 28 heavy (non-hydrogen) atoms. The molecule has 4 rings (SSSR count). The van der Waals surface area contributed by atoms with Crippen LogP contribution in [-0.4, -0.2) is 47.5 Å². The lowest BCUT2D eigenvalue weighted by Crippen LogP contribution is -2.33. The summed E-state index contributed by atoms with van der Waals surface area (Å²) in [6.45, 7) is 2.47. The first-order valence-electron chi connectivity index (χ1n) is 9.52. The molecule has 0 unspecified atom stereocenters. The van der Waals surface area contributed by atoms with Gasteiger partial charge in [-0.25, -0.2) is 4.39 Å². The summed E-state index contributed by atoms with van der Waals surface area (Å²) in [6.07, 6.45) is 1.16. The first kappa shape index (κ1) is 20.6. The highest BCUT2D eigenvalue weighted by Gasteiger charge is 2.47. The minimum absolute atomic E-state index is 0. The lowest BCUT2D eigenvalue weighted by Gasteiger charge is -2.27. The van der Waals surface area contributed by atoms with E-state index in [2.05, 4.69) is 11.9 Å². The number of carbonyl (C=O) groups excluding carboxylic acids is 1. The van der Waals surface area contributed by atoms with Crippen molar-refractivity contribution in [1.82, 2.24) is 9.80 Å². The fourth-order valence-electron chi connectivity index (χ4n) is 4.73. The van der Waals surface area contributed by atoms with Crippen molar-refractivity contribution in [3.63, 3.8) is 0 Å². The second kappa shape index (κ2) is 8.50. The molecule has 0 radical (unpaired) electrons. The van der Waals surface area contributed by atoms with Gasteiger partial charge in [0.15, 0.2) is 0 Å². The van der Waals surface area contributed by atoms with Gasteiger partial charge in [0, 0.05) is 38.0 Å². The minimum Gasteiger partial charge on any atom is -0.508 e. The van der Waals surface area contributed by atoms with Crippen LogP contribution in [0.4, 0.5) is 4.39 Å². The number of likely N-dealkylation sites (tertiary alicyclic amines) is 2. The number of rotatable bonds is 4. The smallest absolute Gasteiger partial charge is 0.222 e. The molecule has 4 nitrogen and oxygen atoms in total. The van der Waals surface area contributed by atoms with Gasteiger partial charge in [-0.1, -0.05) is 24.3 Å². The lowest BCUT2D eigenvalue weighted by atomic mass is 9.89. The highest BCUT2D eigenvalue weighted by Crippen LogP contribution is 2.44. The van der Waals surface area contributed by atoms with Crippen LogP contribution < -0.4 is 0 Å². The third-order valence-electron chi connectivity index (χ3n) is 6.00. The van der Waals surface area contributed by atoms with E-state index in [4.69, 9.17) is 0 Å². The number of aryl methyl sites for hydroxylation is 1. The molecule has 2 fully saturated rings. The molecule has 3 atom stereocenters. The number of aromatic hydroxyl groups is 1. The SMILES string of the molecule is CN1C[C@H]2CN(C(=O)CCc3ccc(O)cc3)C[C@H]2[C@@H]1c1cccc(F)c1.Cl. The largest absolute Gasteiger partial charge is 0.508 e. The predicted molar refractivity (Wildman–Crippen MR) is 109 cm³/mol. The van der Waals surface area contributed by atoms with Crippen molar-refractivity contribution in [2.75, 3.05) is 26.7 Å². The molecule has 2 heterocycles. The van der Waals surface area contributed by atoms with Crippen molar-refractivity contribution in [3.8, 4) is 5.75 Å². The van der Waals surface area contributed by atoms with Gasteiger partial charge in [0.05, 0.1) is 0 Å². The Bertz CT molecular complexity index is 830. The topological polar surface area (TPSA) is 43.8 Å². The molecule has 0 aliphatic carbocycles. The summed E-state index contributed by atoms with van der Waals surface area (Å²) in [6, 6.07) is 14.0. The molecule has 2 aromatic carbocycles. The van der Waals surface area contributed by atoms with Crippen molar-refractivity contribution in [2.45, 2.75) is 18.9 Å². The Morgan fingerprint density at radius 2 is 1.89 bits per heavy atom. The number of amides is 1. The average molecular weight is 405 g/mol. The molecule has 1 N–H and O–H groups in total. The summed E-state index contributed by atoms with van der Waals surface area (Å²) in [5.74, 6) is 1.02. The van der Waals surface area contributed by atoms with E-state index in [1.807, 2.05) is 23.1 Å². The van der Waals surface area contributed by atoms with Gasteiger partial charge >= 0.3 is 0 Å². The molecule has 1 amide bonds. The Morgan fingerprint density at radius 3 is 2.61 bits per heavy atom. The van der Waals surface area contributed by atoms with Crippen LogP contribution in [0.25, 0.3) is 0 Å². The molecule has 2 saturated heterocycles. The average Bonchev–Trinajstić information content (AvgIpc) is 3.17. The van der Waals surface area contributed by atoms with Gasteiger partial charge in [-0.2, -0.15) is 0 Å². The number of carbonyl (C=O) groups is 1. The summed E-state index contributed by atoms with van der Waals surface area (Å²) >= 11 is 0. The van der Waals surface area contributed by atoms with E-state index in [1.54, 1.807) is 24.3 Å². The highest BCUT2D eigenvalue weighted by molar-refractivity contribution is 5.85. The van der Waals surface area contributed by atoms with Crippen LogP contribution in [-0.2, 0) is 11.2 Å². The van der Waals surface area contributed by atoms with E-state index in [0.717, 1.165) is 30.8 Å². The second-order valence-corrected chi connectivity index (χ2v) is 7.83. The van der Waals surface area contributed by atoms with Gasteiger partial charge in [0.2, 0.25) is 5.91 Å². The van der Waals surface area contributed by atoms with E-state index in [0.29, 0.717) is 24.7 Å². The summed E-state index contributed by atoms with van der Waals surface area (Å²) in [5.41, 5.74) is 2.06. The van der Waals surface area contributed by atoms with E-state index >= 15 is 0 Å². The predicted octanol–water partition coefficient (Wildman–Crippen LogP) is 3.65. The Labute approximate surface area is 171 Å². The fourth-order valence-corrected chi connectivity index (χ4v) is 4.73. The molecular formula is C22H26ClFN2O2. The number of hydrogen-bond acceptors (Lipinski definition) is 3. The standard InChI is InChI=1S/C22H25FN2O2.ClH/c1-24-12-17-13-25(21(27)10-7-15-5-8-19(26)9-6-15)14-20(17)22(24)16-3-2-4-18(23)11-16;/h2-6,8-9,11,17,20,22,26H,7,10,12-14H2,1H3;1H/t17-,20+,22-;/m0./s1. The number of nitrogens with zero attached hydrogens (tertiary/aromatic N) is 2. The maximum atomic E-state index is 13.7. The van der Waals surface area contributed by atoms with Gasteiger partial charge in [-0.15, -0.1) is 12.4 Å². The Hall–Kier alpha value is -2.11. The number of hydrogen-bond donors (Lipinski definition) is 1. The van der Waals surface area contributed by atoms with E-state index in [9.17, 15) is 14.3 Å². The zero-order valence-electron chi connectivity index (χ0n) is 15.9. The fraction of sp³-hybridized carbons (Fsp3) is 0.409. The van der Waals surface area contributed by atoms with Gasteiger partial charge in [-0.05, 0) is 54.8 Å². The van der Waals surface area contributed by atoms with E-state index in [1.165, 1.54) is 6.07 Å². The molecule has 0 saturated carbocycles. The molecule has 2 aromatic rings. The molecule has 0 aromatic heterocycles. The van der Waals surface area contributed by atoms with Crippen LogP contribution in [0.5, 0.6) is 5.75 Å². The minimum atomic E-state index is -0.204. The van der Waals surface area contributed by atoms with Crippen LogP contribution in [0.2, 0.25) is 0 Å². The van der Waals surface area contributed by atoms with Crippen molar-refractivity contribution < 1.29 is 14.3 Å². The first-order valence-corrected chi connectivity index (χ1v) is 9.52. The van der Waals surface area contributed by atoms with Gasteiger partial charge in [0.1, 0.15) is 11.6 Å². The highest BCUT2D eigenvalue weighted by atomic mass is 35.5. The zero-order chi connectivity index (χ0) is 19.0. The monoisotopic (exact) mass is 404 g/mol. The van der Waals surface area contributed by atoms with Gasteiger partial charge < -0.3 is 10.0 Å². The third-order valence-corrected chi connectivity index (χ3v) is 6.00. The first-order chi connectivity index (χ1) is 13.0. The van der Waals surface area contributed by atoms with Gasteiger partial charge in [0.25, 0.3) is 0 Å². The van der Waals surface area contributed by atoms with Crippen molar-refractivity contribution in [1.29, 1.82) is 0 Å². The lowest BCUT2D eigenvalue weighted by molar-refractivity contribution is -0.130.